The maximum Gasteiger partial charge on any atom is 0.416 e. The maximum absolute atomic E-state index is 12.8. The van der Waals surface area contributed by atoms with Gasteiger partial charge in [-0.15, -0.1) is 0 Å². The first kappa shape index (κ1) is 20.7. The van der Waals surface area contributed by atoms with Gasteiger partial charge < -0.3 is 9.84 Å². The molecule has 1 saturated heterocycles. The van der Waals surface area contributed by atoms with Gasteiger partial charge in [0.2, 0.25) is 0 Å². The minimum Gasteiger partial charge on any atom is -0.479 e. The lowest BCUT2D eigenvalue weighted by molar-refractivity contribution is -0.149. The number of halogens is 3. The van der Waals surface area contributed by atoms with Crippen molar-refractivity contribution in [2.45, 2.75) is 37.6 Å². The minimum absolute atomic E-state index is 0.00610. The van der Waals surface area contributed by atoms with Crippen LogP contribution in [-0.2, 0) is 28.7 Å². The topological polar surface area (TPSA) is 66.8 Å². The Balaban J connectivity index is 1.77. The molecule has 2 aromatic rings. The van der Waals surface area contributed by atoms with Crippen LogP contribution in [0.15, 0.2) is 54.6 Å². The molecule has 1 unspecified atom stereocenters. The van der Waals surface area contributed by atoms with Crippen LogP contribution in [0, 0.1) is 0 Å². The van der Waals surface area contributed by atoms with Crippen LogP contribution in [0.3, 0.4) is 0 Å². The number of alkyl halides is 3. The summed E-state index contributed by atoms with van der Waals surface area (Å²) in [7, 11) is 0. The van der Waals surface area contributed by atoms with Gasteiger partial charge in [0.15, 0.2) is 0 Å². The molecule has 1 N–H and O–H groups in total. The van der Waals surface area contributed by atoms with Crippen molar-refractivity contribution >= 4 is 12.1 Å². The van der Waals surface area contributed by atoms with Crippen molar-refractivity contribution in [1.29, 1.82) is 0 Å². The van der Waals surface area contributed by atoms with Crippen LogP contribution in [-0.4, -0.2) is 34.2 Å². The third kappa shape index (κ3) is 4.52. The lowest BCUT2D eigenvalue weighted by Gasteiger charge is -2.34. The van der Waals surface area contributed by atoms with Gasteiger partial charge in [0.1, 0.15) is 12.1 Å². The second-order valence-corrected chi connectivity index (χ2v) is 7.00. The highest BCUT2D eigenvalue weighted by Gasteiger charge is 2.50. The van der Waals surface area contributed by atoms with Gasteiger partial charge in [-0.2, -0.15) is 13.2 Å². The van der Waals surface area contributed by atoms with Crippen LogP contribution in [0.25, 0.3) is 0 Å². The smallest absolute Gasteiger partial charge is 0.416 e. The van der Waals surface area contributed by atoms with E-state index in [-0.39, 0.29) is 26.0 Å². The standard InChI is InChI=1S/C21H20F3NO4/c22-21(23,24)17-9-7-15(8-10-17)13-20(18(26)27)11-4-12-25(20)19(28)29-14-16-5-2-1-3-6-16/h1-3,5-10H,4,11-14H2,(H,26,27). The molecule has 0 radical (unpaired) electrons. The van der Waals surface area contributed by atoms with E-state index in [0.717, 1.165) is 17.7 Å². The van der Waals surface area contributed by atoms with Crippen LogP contribution in [0.5, 0.6) is 0 Å². The van der Waals surface area contributed by atoms with Crippen LogP contribution >= 0.6 is 0 Å². The van der Waals surface area contributed by atoms with Gasteiger partial charge in [0.05, 0.1) is 5.56 Å². The molecule has 0 bridgehead atoms. The number of hydrogen-bond donors (Lipinski definition) is 1. The average Bonchev–Trinajstić information content (AvgIpc) is 3.12. The monoisotopic (exact) mass is 407 g/mol. The Morgan fingerprint density at radius 2 is 1.69 bits per heavy atom. The number of hydrogen-bond acceptors (Lipinski definition) is 3. The lowest BCUT2D eigenvalue weighted by atomic mass is 9.88. The first-order valence-electron chi connectivity index (χ1n) is 9.10. The zero-order valence-electron chi connectivity index (χ0n) is 15.5. The molecule has 0 aliphatic carbocycles. The fraction of sp³-hybridized carbons (Fsp3) is 0.333. The lowest BCUT2D eigenvalue weighted by Crippen LogP contribution is -2.54. The SMILES string of the molecule is O=C(OCc1ccccc1)N1CCCC1(Cc1ccc(C(F)(F)F)cc1)C(=O)O. The molecule has 1 atom stereocenters. The predicted molar refractivity (Wildman–Crippen MR) is 98.1 cm³/mol. The molecule has 0 saturated carbocycles. The molecule has 29 heavy (non-hydrogen) atoms. The Labute approximate surface area is 165 Å². The summed E-state index contributed by atoms with van der Waals surface area (Å²) in [6.45, 7) is 0.215. The zero-order valence-corrected chi connectivity index (χ0v) is 15.5. The number of benzene rings is 2. The molecular formula is C21H20F3NO4. The van der Waals surface area contributed by atoms with Gasteiger partial charge in [0, 0.05) is 13.0 Å². The predicted octanol–water partition coefficient (Wildman–Crippen LogP) is 4.50. The molecule has 1 amide bonds. The van der Waals surface area contributed by atoms with Gasteiger partial charge in [-0.05, 0) is 36.1 Å². The number of amides is 1. The molecule has 8 heteroatoms. The number of carbonyl (C=O) groups excluding carboxylic acids is 1. The van der Waals surface area contributed by atoms with Crippen molar-refractivity contribution in [3.63, 3.8) is 0 Å². The fourth-order valence-electron chi connectivity index (χ4n) is 3.57. The molecule has 1 aliphatic heterocycles. The van der Waals surface area contributed by atoms with E-state index in [1.165, 1.54) is 17.0 Å². The van der Waals surface area contributed by atoms with Gasteiger partial charge in [-0.1, -0.05) is 42.5 Å². The van der Waals surface area contributed by atoms with Gasteiger partial charge in [-0.25, -0.2) is 9.59 Å². The Morgan fingerprint density at radius 1 is 1.03 bits per heavy atom. The van der Waals surface area contributed by atoms with Gasteiger partial charge >= 0.3 is 18.2 Å². The van der Waals surface area contributed by atoms with Crippen LogP contribution in [0.1, 0.15) is 29.5 Å². The summed E-state index contributed by atoms with van der Waals surface area (Å²) in [4.78, 5) is 25.9. The zero-order chi connectivity index (χ0) is 21.1. The molecule has 1 fully saturated rings. The summed E-state index contributed by atoms with van der Waals surface area (Å²) in [6, 6.07) is 13.3. The summed E-state index contributed by atoms with van der Waals surface area (Å²) < 4.78 is 43.6. The number of nitrogens with zero attached hydrogens (tertiary/aromatic N) is 1. The summed E-state index contributed by atoms with van der Waals surface area (Å²) >= 11 is 0. The van der Waals surface area contributed by atoms with E-state index in [0.29, 0.717) is 12.0 Å². The molecule has 1 aliphatic rings. The maximum atomic E-state index is 12.8. The van der Waals surface area contributed by atoms with Crippen molar-refractivity contribution in [3.8, 4) is 0 Å². The van der Waals surface area contributed by atoms with E-state index in [4.69, 9.17) is 4.74 Å². The summed E-state index contributed by atoms with van der Waals surface area (Å²) in [5.74, 6) is -1.20. The highest BCUT2D eigenvalue weighted by molar-refractivity contribution is 5.85. The number of carboxylic acid groups (broad SMARTS) is 1. The number of carboxylic acids is 1. The van der Waals surface area contributed by atoms with Crippen LogP contribution in [0.4, 0.5) is 18.0 Å². The second-order valence-electron chi connectivity index (χ2n) is 7.00. The van der Waals surface area contributed by atoms with E-state index in [2.05, 4.69) is 0 Å². The average molecular weight is 407 g/mol. The molecule has 3 rings (SSSR count). The fourth-order valence-corrected chi connectivity index (χ4v) is 3.57. The minimum atomic E-state index is -4.47. The molecule has 154 valence electrons. The van der Waals surface area contributed by atoms with E-state index in [1.807, 2.05) is 6.07 Å². The number of ether oxygens (including phenoxy) is 1. The molecular weight excluding hydrogens is 387 g/mol. The van der Waals surface area contributed by atoms with Gasteiger partial charge in [-0.3, -0.25) is 4.90 Å². The third-order valence-electron chi connectivity index (χ3n) is 5.09. The number of carbonyl (C=O) groups is 2. The van der Waals surface area contributed by atoms with E-state index < -0.39 is 29.3 Å². The van der Waals surface area contributed by atoms with Crippen molar-refractivity contribution in [1.82, 2.24) is 4.90 Å². The van der Waals surface area contributed by atoms with E-state index >= 15 is 0 Å². The highest BCUT2D eigenvalue weighted by atomic mass is 19.4. The van der Waals surface area contributed by atoms with Crippen molar-refractivity contribution in [3.05, 3.63) is 71.3 Å². The quantitative estimate of drug-likeness (QED) is 0.792. The second kappa shape index (κ2) is 8.14. The molecule has 1 heterocycles. The normalized spacial score (nSPS) is 19.2. The molecule has 0 aromatic heterocycles. The van der Waals surface area contributed by atoms with Crippen molar-refractivity contribution in [2.24, 2.45) is 0 Å². The molecule has 0 spiro atoms. The summed E-state index contributed by atoms with van der Waals surface area (Å²) in [5, 5.41) is 9.88. The summed E-state index contributed by atoms with van der Waals surface area (Å²) in [6.07, 6.45) is -4.65. The highest BCUT2D eigenvalue weighted by Crippen LogP contribution is 2.35. The molecule has 2 aromatic carbocycles. The van der Waals surface area contributed by atoms with Crippen molar-refractivity contribution in [2.75, 3.05) is 6.54 Å². The number of rotatable bonds is 5. The van der Waals surface area contributed by atoms with Crippen molar-refractivity contribution < 1.29 is 32.6 Å². The van der Waals surface area contributed by atoms with E-state index in [9.17, 15) is 27.9 Å². The number of aliphatic carboxylic acids is 1. The Kier molecular flexibility index (Phi) is 5.81. The Morgan fingerprint density at radius 3 is 2.28 bits per heavy atom. The number of likely N-dealkylation sites (tertiary alicyclic amines) is 1. The largest absolute Gasteiger partial charge is 0.479 e. The third-order valence-corrected chi connectivity index (χ3v) is 5.09. The Bertz CT molecular complexity index is 868. The van der Waals surface area contributed by atoms with E-state index in [1.54, 1.807) is 24.3 Å². The van der Waals surface area contributed by atoms with Gasteiger partial charge in [0.25, 0.3) is 0 Å². The summed E-state index contributed by atoms with van der Waals surface area (Å²) in [5.41, 5.74) is -1.18. The first-order valence-corrected chi connectivity index (χ1v) is 9.10. The van der Waals surface area contributed by atoms with Crippen LogP contribution in [0.2, 0.25) is 0 Å². The first-order chi connectivity index (χ1) is 13.7. The molecule has 5 nitrogen and oxygen atoms in total. The van der Waals surface area contributed by atoms with Crippen LogP contribution < -0.4 is 0 Å². The Hall–Kier alpha value is -3.03.